The first kappa shape index (κ1) is 91.1. The molecule has 6 aliphatic rings. The number of fused-ring (bicyclic) bond motifs is 8. The second-order valence-corrected chi connectivity index (χ2v) is 31.0. The fourth-order valence-corrected chi connectivity index (χ4v) is 16.7. The van der Waals surface area contributed by atoms with Crippen LogP contribution in [-0.2, 0) is 65.8 Å². The molecular weight excluding hydrogens is 1630 g/mol. The average molecular weight is 1740 g/mol. The molecular formula is C91H106FN19O16. The number of nitrogens with zero attached hydrogens (tertiary/aromatic N) is 12. The highest BCUT2D eigenvalue weighted by molar-refractivity contribution is 6.25. The van der Waals surface area contributed by atoms with E-state index in [2.05, 4.69) is 82.7 Å². The van der Waals surface area contributed by atoms with Gasteiger partial charge < -0.3 is 54.3 Å². The maximum Gasteiger partial charge on any atom is 0.326 e. The van der Waals surface area contributed by atoms with E-state index in [1.54, 1.807) is 43.5 Å². The molecule has 0 spiro atoms. The summed E-state index contributed by atoms with van der Waals surface area (Å²) in [7, 11) is 0.643. The molecule has 2 aliphatic carbocycles. The minimum Gasteiger partial charge on any atom is -0.496 e. The number of benzene rings is 4. The van der Waals surface area contributed by atoms with Crippen LogP contribution in [0.2, 0.25) is 0 Å². The van der Waals surface area contributed by atoms with Crippen LogP contribution in [0, 0.1) is 34.6 Å². The number of amides is 9. The van der Waals surface area contributed by atoms with Crippen molar-refractivity contribution in [2.45, 2.75) is 191 Å². The van der Waals surface area contributed by atoms with Gasteiger partial charge in [0.05, 0.1) is 90.5 Å². The maximum atomic E-state index is 13.6. The molecule has 12 aromatic rings. The Balaban J connectivity index is 0.000000186. The molecule has 668 valence electrons. The zero-order valence-corrected chi connectivity index (χ0v) is 69.7. The van der Waals surface area contributed by atoms with Crippen molar-refractivity contribution in [3.05, 3.63) is 163 Å². The third-order valence-electron chi connectivity index (χ3n) is 22.8. The molecule has 18 rings (SSSR count). The van der Waals surface area contributed by atoms with Gasteiger partial charge in [0, 0.05) is 121 Å². The van der Waals surface area contributed by atoms with Crippen molar-refractivity contribution < 1.29 is 81.7 Å². The van der Waals surface area contributed by atoms with Gasteiger partial charge in [0.2, 0.25) is 29.5 Å². The van der Waals surface area contributed by atoms with E-state index in [0.29, 0.717) is 129 Å². The SMILES string of the molecule is C.C.C.CCn1nc(C2CC2)cc1Cc1nc(OC=O)nc2[nH]c3cc(-c4c(C)noc4C)c(OC)cc3c12.CCn1nc(C2CC2)cc1Nc1nc(C(=O)NCCOCCCc2cccc3c2C(=O)N(C2CCC(=O)NC2=O)C3=O)nc2[nH]c3cc(-c4c(C)noc4C)c(C)cc3c12.NCCOCCCc1cccc2c1C(=O)N(C1CCC(=O)NC1=O)C2=O.[2H]CF. The number of alkyl halides is 1. The monoisotopic (exact) mass is 1740 g/mol. The minimum absolute atomic E-state index is 0. The highest BCUT2D eigenvalue weighted by atomic mass is 19.1. The van der Waals surface area contributed by atoms with Gasteiger partial charge in [-0.25, -0.2) is 14.6 Å². The number of hydrogen-bond acceptors (Lipinski definition) is 26. The molecule has 2 atom stereocenters. The number of H-pyrrole nitrogens is 2. The molecule has 9 amide bonds. The normalized spacial score (nSPS) is 15.9. The van der Waals surface area contributed by atoms with Crippen LogP contribution in [0.15, 0.2) is 81.8 Å². The van der Waals surface area contributed by atoms with Crippen LogP contribution in [-0.4, -0.2) is 195 Å². The van der Waals surface area contributed by atoms with Gasteiger partial charge in [-0.1, -0.05) is 56.9 Å². The quantitative estimate of drug-likeness (QED) is 0.0130. The number of aromatic nitrogens is 12. The van der Waals surface area contributed by atoms with E-state index in [1.165, 1.54) is 12.8 Å². The largest absolute Gasteiger partial charge is 0.496 e. The maximum absolute atomic E-state index is 13.6. The highest BCUT2D eigenvalue weighted by Crippen LogP contribution is 2.45. The second-order valence-electron chi connectivity index (χ2n) is 31.0. The molecule has 0 radical (unpaired) electrons. The Hall–Kier alpha value is -13.6. The predicted octanol–water partition coefficient (Wildman–Crippen LogP) is 12.4. The van der Waals surface area contributed by atoms with E-state index in [4.69, 9.17) is 55.3 Å². The molecule has 4 aliphatic heterocycles. The van der Waals surface area contributed by atoms with Crippen molar-refractivity contribution in [1.29, 1.82) is 0 Å². The number of rotatable bonds is 29. The molecule has 127 heavy (non-hydrogen) atoms. The second kappa shape index (κ2) is 39.7. The van der Waals surface area contributed by atoms with E-state index in [1.807, 2.05) is 63.0 Å². The van der Waals surface area contributed by atoms with Crippen molar-refractivity contribution in [1.82, 2.24) is 85.5 Å². The number of piperidine rings is 2. The standard InChI is InChI=1S/C43H44N10O7.C26H26N6O4.C18H21N3O5.CH3F.3CH4/c1-5-52-32(20-29(50-52)24-11-12-24)46-38-36-28-18-21(2)27(34-22(3)51-60-23(34)4)19-30(28)45-37(36)48-39(49-38)41(56)44-15-17-59-16-7-9-25-8-6-10-26-35(25)43(58)53(42(26)57)31-13-14-33(54)47-40(31)55;1-5-32-16(8-19(30-32)15-6-7-15)9-21-24-17-11-22(34-4)18(23-13(2)31-36-14(23)3)10-20(17)27-25(24)29-26(28-21)35-12-33;19-8-10-26-9-2-4-11-3-1-5-12-15(11)18(25)21(17(12)24)13-6-7-14(22)20-16(13)23;1-2;;;/h6,8,10,18-20,24,31H,5,7,9,11-17H2,1-4H3,(H,44,56)(H,47,54,55)(H2,45,46,48,49);8,10-12,15H,5-7,9H2,1-4H3,(H,27,28,29);1,3,5,13H,2,4,6-10,19H2,(H,20,22,23);1H3;3*1H4/i;;;1D;;;. The summed E-state index contributed by atoms with van der Waals surface area (Å²) in [5.74, 6) is -0.206. The molecule has 2 unspecified atom stereocenters. The molecule has 36 heteroatoms. The number of hydrogen-bond donors (Lipinski definition) is 7. The summed E-state index contributed by atoms with van der Waals surface area (Å²) in [6, 6.07) is 20.6. The summed E-state index contributed by atoms with van der Waals surface area (Å²) in [5.41, 5.74) is 21.0. The predicted molar refractivity (Wildman–Crippen MR) is 470 cm³/mol. The van der Waals surface area contributed by atoms with Crippen LogP contribution in [0.4, 0.5) is 16.0 Å². The zero-order chi connectivity index (χ0) is 88.2. The van der Waals surface area contributed by atoms with Crippen LogP contribution in [0.5, 0.6) is 11.8 Å². The van der Waals surface area contributed by atoms with Gasteiger partial charge in [-0.15, -0.1) is 0 Å². The van der Waals surface area contributed by atoms with E-state index in [-0.39, 0.29) is 90.0 Å². The Kier molecular flexibility index (Phi) is 28.5. The number of carbonyl (C=O) groups excluding carboxylic acids is 10. The minimum atomic E-state index is -1.03. The van der Waals surface area contributed by atoms with Gasteiger partial charge in [0.15, 0.2) is 0 Å². The number of nitrogens with two attached hydrogens (primary N) is 1. The lowest BCUT2D eigenvalue weighted by atomic mass is 9.97. The van der Waals surface area contributed by atoms with Crippen LogP contribution < -0.4 is 36.5 Å². The molecule has 4 fully saturated rings. The summed E-state index contributed by atoms with van der Waals surface area (Å²) >= 11 is 0. The Morgan fingerprint density at radius 3 is 1.67 bits per heavy atom. The Morgan fingerprint density at radius 2 is 1.15 bits per heavy atom. The number of aryl methyl sites for hydroxylation is 9. The van der Waals surface area contributed by atoms with Crippen molar-refractivity contribution in [2.75, 3.05) is 59.1 Å². The van der Waals surface area contributed by atoms with E-state index in [9.17, 15) is 52.3 Å². The number of halogens is 1. The van der Waals surface area contributed by atoms with Crippen molar-refractivity contribution in [3.8, 4) is 34.0 Å². The molecule has 8 N–H and O–H groups in total. The number of anilines is 2. The van der Waals surface area contributed by atoms with Gasteiger partial charge >= 0.3 is 12.5 Å². The third-order valence-corrected chi connectivity index (χ3v) is 22.8. The number of carbonyl (C=O) groups is 10. The number of methoxy groups -OCH3 is 1. The lowest BCUT2D eigenvalue weighted by Gasteiger charge is -2.27. The lowest BCUT2D eigenvalue weighted by molar-refractivity contribution is -0.137. The summed E-state index contributed by atoms with van der Waals surface area (Å²) in [6.07, 6.45) is 7.78. The Labute approximate surface area is 732 Å². The van der Waals surface area contributed by atoms with Crippen molar-refractivity contribution >= 4 is 115 Å². The number of nitrogens with one attached hydrogen (secondary N) is 6. The van der Waals surface area contributed by atoms with Crippen molar-refractivity contribution in [3.63, 3.8) is 0 Å². The zero-order valence-electron chi connectivity index (χ0n) is 70.7. The first-order valence-electron chi connectivity index (χ1n) is 42.0. The average Bonchev–Trinajstić information content (AvgIpc) is 1.45. The molecule has 0 bridgehead atoms. The van der Waals surface area contributed by atoms with Gasteiger partial charge in [-0.05, 0) is 177 Å². The van der Waals surface area contributed by atoms with Gasteiger partial charge in [0.1, 0.15) is 52.3 Å². The molecule has 2 saturated heterocycles. The molecule has 8 aromatic heterocycles. The van der Waals surface area contributed by atoms with Gasteiger partial charge in [0.25, 0.3) is 29.5 Å². The van der Waals surface area contributed by atoms with Crippen LogP contribution in [0.1, 0.15) is 228 Å². The molecule has 35 nitrogen and oxygen atoms in total. The van der Waals surface area contributed by atoms with E-state index in [0.717, 1.165) is 141 Å². The van der Waals surface area contributed by atoms with Crippen LogP contribution in [0.3, 0.4) is 0 Å². The highest BCUT2D eigenvalue weighted by Gasteiger charge is 2.47. The number of aromatic amines is 2. The fourth-order valence-electron chi connectivity index (χ4n) is 16.7. The summed E-state index contributed by atoms with van der Waals surface area (Å²) in [6.45, 7) is 17.7. The first-order chi connectivity index (χ1) is 60.5. The van der Waals surface area contributed by atoms with Crippen molar-refractivity contribution in [2.24, 2.45) is 5.73 Å². The Bertz CT molecular complexity index is 6230. The Morgan fingerprint density at radius 1 is 0.622 bits per heavy atom. The smallest absolute Gasteiger partial charge is 0.326 e. The van der Waals surface area contributed by atoms with Crippen LogP contribution >= 0.6 is 0 Å². The summed E-state index contributed by atoms with van der Waals surface area (Å²) < 4.78 is 52.3. The van der Waals surface area contributed by atoms with E-state index >= 15 is 0 Å². The lowest BCUT2D eigenvalue weighted by Crippen LogP contribution is -2.54. The summed E-state index contributed by atoms with van der Waals surface area (Å²) in [5, 5.41) is 32.1. The van der Waals surface area contributed by atoms with Gasteiger partial charge in [-0.2, -0.15) is 20.2 Å². The molecule has 4 aromatic carbocycles. The summed E-state index contributed by atoms with van der Waals surface area (Å²) in [4.78, 5) is 152. The van der Waals surface area contributed by atoms with Gasteiger partial charge in [-0.3, -0.25) is 77.5 Å². The first-order valence-corrected chi connectivity index (χ1v) is 41.2. The van der Waals surface area contributed by atoms with E-state index < -0.39 is 66.5 Å². The molecule has 2 saturated carbocycles. The molecule has 12 heterocycles. The number of imide groups is 4. The van der Waals surface area contributed by atoms with Crippen LogP contribution in [0.25, 0.3) is 66.1 Å². The fraction of sp³-hybridized carbons (Fsp3) is 0.407. The topological polar surface area (TPSA) is 459 Å². The number of ether oxygens (including phenoxy) is 4. The third kappa shape index (κ3) is 18.7.